The molecule has 0 aromatic rings. The fraction of sp³-hybridized carbons (Fsp3) is 0.800. The first-order chi connectivity index (χ1) is 7.12. The smallest absolute Gasteiger partial charge is 0.321 e. The summed E-state index contributed by atoms with van der Waals surface area (Å²) in [6, 6.07) is -1.33. The first-order valence-electron chi connectivity index (χ1n) is 5.11. The molecule has 0 aromatic heterocycles. The number of nitrogens with two attached hydrogens (primary N) is 1. The Morgan fingerprint density at radius 3 is 2.06 bits per heavy atom. The molecule has 0 aliphatic heterocycles. The van der Waals surface area contributed by atoms with E-state index in [-0.39, 0.29) is 6.54 Å². The molecule has 1 unspecified atom stereocenters. The summed E-state index contributed by atoms with van der Waals surface area (Å²) in [6.07, 6.45) is 0. The molecule has 4 N–H and O–H groups in total. The van der Waals surface area contributed by atoms with E-state index in [1.165, 1.54) is 0 Å². The van der Waals surface area contributed by atoms with Gasteiger partial charge in [0, 0.05) is 6.54 Å². The summed E-state index contributed by atoms with van der Waals surface area (Å²) in [7, 11) is 0. The fourth-order valence-electron chi connectivity index (χ4n) is 1.52. The van der Waals surface area contributed by atoms with Gasteiger partial charge in [0.25, 0.3) is 5.91 Å². The van der Waals surface area contributed by atoms with Crippen LogP contribution >= 0.6 is 0 Å². The summed E-state index contributed by atoms with van der Waals surface area (Å²) in [4.78, 5) is 22.6. The van der Waals surface area contributed by atoms with Crippen LogP contribution in [0, 0.1) is 11.3 Å². The van der Waals surface area contributed by atoms with E-state index in [0.717, 1.165) is 0 Å². The maximum atomic E-state index is 11.8. The third kappa shape index (κ3) is 3.46. The van der Waals surface area contributed by atoms with Gasteiger partial charge in [0.2, 0.25) is 0 Å². The normalized spacial score (nSPS) is 15.4. The molecule has 94 valence electrons. The highest BCUT2D eigenvalue weighted by atomic mass is 16.5. The maximum absolute atomic E-state index is 11.8. The number of hydrogen-bond acceptors (Lipinski definition) is 4. The van der Waals surface area contributed by atoms with Crippen molar-refractivity contribution in [1.29, 1.82) is 0 Å². The molecule has 0 aliphatic rings. The highest BCUT2D eigenvalue weighted by molar-refractivity contribution is 5.86. The number of aliphatic carboxylic acids is 1. The van der Waals surface area contributed by atoms with E-state index >= 15 is 0 Å². The van der Waals surface area contributed by atoms with Crippen LogP contribution in [0.15, 0.2) is 0 Å². The second-order valence-electron chi connectivity index (χ2n) is 4.76. The zero-order valence-electron chi connectivity index (χ0n) is 10.1. The van der Waals surface area contributed by atoms with E-state index in [9.17, 15) is 14.8 Å². The average Bonchev–Trinajstić information content (AvgIpc) is 2.14. The molecule has 0 aliphatic carbocycles. The summed E-state index contributed by atoms with van der Waals surface area (Å²) < 4.78 is 0. The van der Waals surface area contributed by atoms with E-state index < -0.39 is 29.3 Å². The molecule has 2 atom stereocenters. The van der Waals surface area contributed by atoms with Crippen molar-refractivity contribution >= 4 is 11.9 Å². The van der Waals surface area contributed by atoms with Crippen molar-refractivity contribution in [3.8, 4) is 0 Å². The molecule has 0 bridgehead atoms. The van der Waals surface area contributed by atoms with Gasteiger partial charge in [0.1, 0.15) is 6.04 Å². The first kappa shape index (κ1) is 14.9. The van der Waals surface area contributed by atoms with E-state index in [1.54, 1.807) is 27.7 Å². The van der Waals surface area contributed by atoms with Gasteiger partial charge >= 0.3 is 5.97 Å². The quantitative estimate of drug-likeness (QED) is 0.477. The lowest BCUT2D eigenvalue weighted by molar-refractivity contribution is -0.176. The average molecular weight is 232 g/mol. The van der Waals surface area contributed by atoms with Crippen LogP contribution in [-0.2, 0) is 9.59 Å². The lowest BCUT2D eigenvalue weighted by Crippen LogP contribution is -2.52. The number of hydroxylamine groups is 2. The molecule has 16 heavy (non-hydrogen) atoms. The summed E-state index contributed by atoms with van der Waals surface area (Å²) in [6.45, 7) is 6.81. The van der Waals surface area contributed by atoms with Gasteiger partial charge in [0.05, 0.1) is 5.92 Å². The van der Waals surface area contributed by atoms with Crippen molar-refractivity contribution in [2.24, 2.45) is 17.1 Å². The second-order valence-corrected chi connectivity index (χ2v) is 4.76. The molecule has 0 heterocycles. The van der Waals surface area contributed by atoms with Gasteiger partial charge in [-0.3, -0.25) is 14.8 Å². The van der Waals surface area contributed by atoms with E-state index in [4.69, 9.17) is 10.8 Å². The van der Waals surface area contributed by atoms with Crippen LogP contribution in [-0.4, -0.2) is 39.8 Å². The molecule has 0 radical (unpaired) electrons. The van der Waals surface area contributed by atoms with E-state index in [0.29, 0.717) is 5.06 Å². The number of carbonyl (C=O) groups is 2. The minimum absolute atomic E-state index is 0.0950. The van der Waals surface area contributed by atoms with Gasteiger partial charge in [0.15, 0.2) is 0 Å². The van der Waals surface area contributed by atoms with Crippen molar-refractivity contribution in [2.75, 3.05) is 6.54 Å². The van der Waals surface area contributed by atoms with Gasteiger partial charge in [-0.05, 0) is 12.3 Å². The van der Waals surface area contributed by atoms with Crippen LogP contribution in [0.2, 0.25) is 0 Å². The van der Waals surface area contributed by atoms with Gasteiger partial charge in [-0.2, -0.15) is 0 Å². The standard InChI is InChI=1S/C10H20N2O4/c1-5-12(16)8(13)6(10(2,3)4)7(11)9(14)15/h6-7,16H,5,11H2,1-4H3,(H,14,15)/t6?,7-/m0/s1. The molecule has 0 fully saturated rings. The van der Waals surface area contributed by atoms with Crippen molar-refractivity contribution in [3.63, 3.8) is 0 Å². The van der Waals surface area contributed by atoms with Gasteiger partial charge in [-0.25, -0.2) is 5.06 Å². The number of hydrogen-bond donors (Lipinski definition) is 3. The molecule has 6 nitrogen and oxygen atoms in total. The molecule has 0 spiro atoms. The van der Waals surface area contributed by atoms with Crippen LogP contribution in [0.1, 0.15) is 27.7 Å². The monoisotopic (exact) mass is 232 g/mol. The van der Waals surface area contributed by atoms with Gasteiger partial charge in [-0.15, -0.1) is 0 Å². The van der Waals surface area contributed by atoms with Crippen LogP contribution in [0.4, 0.5) is 0 Å². The van der Waals surface area contributed by atoms with E-state index in [2.05, 4.69) is 0 Å². The summed E-state index contributed by atoms with van der Waals surface area (Å²) in [5, 5.41) is 18.7. The zero-order valence-corrected chi connectivity index (χ0v) is 10.1. The molecular weight excluding hydrogens is 212 g/mol. The number of carboxylic acid groups (broad SMARTS) is 1. The molecular formula is C10H20N2O4. The Bertz CT molecular complexity index is 272. The summed E-state index contributed by atoms with van der Waals surface area (Å²) in [5.41, 5.74) is 4.85. The Hall–Kier alpha value is -1.14. The van der Waals surface area contributed by atoms with E-state index in [1.807, 2.05) is 0 Å². The molecule has 0 saturated heterocycles. The van der Waals surface area contributed by atoms with Crippen molar-refractivity contribution in [3.05, 3.63) is 0 Å². The van der Waals surface area contributed by atoms with Crippen molar-refractivity contribution < 1.29 is 19.9 Å². The van der Waals surface area contributed by atoms with Crippen LogP contribution < -0.4 is 5.73 Å². The van der Waals surface area contributed by atoms with Crippen LogP contribution in [0.3, 0.4) is 0 Å². The fourth-order valence-corrected chi connectivity index (χ4v) is 1.52. The van der Waals surface area contributed by atoms with Gasteiger partial charge < -0.3 is 10.8 Å². The largest absolute Gasteiger partial charge is 0.480 e. The van der Waals surface area contributed by atoms with Crippen molar-refractivity contribution in [1.82, 2.24) is 5.06 Å². The highest BCUT2D eigenvalue weighted by Crippen LogP contribution is 2.29. The lowest BCUT2D eigenvalue weighted by atomic mass is 9.75. The minimum Gasteiger partial charge on any atom is -0.480 e. The first-order valence-corrected chi connectivity index (χ1v) is 5.11. The topological polar surface area (TPSA) is 104 Å². The Labute approximate surface area is 95.0 Å². The third-order valence-corrected chi connectivity index (χ3v) is 2.40. The van der Waals surface area contributed by atoms with Crippen LogP contribution in [0.5, 0.6) is 0 Å². The number of carboxylic acids is 1. The van der Waals surface area contributed by atoms with Crippen LogP contribution in [0.25, 0.3) is 0 Å². The molecule has 0 rings (SSSR count). The molecule has 6 heteroatoms. The predicted molar refractivity (Wildman–Crippen MR) is 57.7 cm³/mol. The summed E-state index contributed by atoms with van der Waals surface area (Å²) in [5.74, 6) is -2.88. The second kappa shape index (κ2) is 5.27. The molecule has 0 saturated carbocycles. The Kier molecular flexibility index (Phi) is 4.89. The van der Waals surface area contributed by atoms with Gasteiger partial charge in [-0.1, -0.05) is 20.8 Å². The zero-order chi connectivity index (χ0) is 13.1. The lowest BCUT2D eigenvalue weighted by Gasteiger charge is -2.33. The highest BCUT2D eigenvalue weighted by Gasteiger charge is 2.41. The molecule has 1 amide bonds. The number of nitrogens with zero attached hydrogens (tertiary/aromatic N) is 1. The molecule has 0 aromatic carbocycles. The SMILES string of the molecule is CCN(O)C(=O)C([C@H](N)C(=O)O)C(C)(C)C. The minimum atomic E-state index is -1.33. The number of rotatable bonds is 4. The third-order valence-electron chi connectivity index (χ3n) is 2.40. The maximum Gasteiger partial charge on any atom is 0.321 e. The Morgan fingerprint density at radius 2 is 1.81 bits per heavy atom. The number of amides is 1. The predicted octanol–water partition coefficient (Wildman–Crippen LogP) is 0.298. The van der Waals surface area contributed by atoms with Crippen molar-refractivity contribution in [2.45, 2.75) is 33.7 Å². The summed E-state index contributed by atoms with van der Waals surface area (Å²) >= 11 is 0. The number of carbonyl (C=O) groups excluding carboxylic acids is 1. The Morgan fingerprint density at radius 1 is 1.38 bits per heavy atom. The Balaban J connectivity index is 5.11.